The van der Waals surface area contributed by atoms with Crippen molar-refractivity contribution < 1.29 is 4.79 Å². The van der Waals surface area contributed by atoms with Crippen LogP contribution in [0.3, 0.4) is 0 Å². The van der Waals surface area contributed by atoms with Gasteiger partial charge in [0.2, 0.25) is 5.91 Å². The maximum absolute atomic E-state index is 11.4. The summed E-state index contributed by atoms with van der Waals surface area (Å²) in [6.07, 6.45) is 0.963. The first-order chi connectivity index (χ1) is 6.74. The molecular formula is C11H14N2O. The molecule has 14 heavy (non-hydrogen) atoms. The molecule has 0 aromatic heterocycles. The zero-order valence-corrected chi connectivity index (χ0v) is 8.50. The molecule has 2 rings (SSSR count). The van der Waals surface area contributed by atoms with Crippen molar-refractivity contribution in [3.05, 3.63) is 23.8 Å². The molecule has 1 amide bonds. The highest BCUT2D eigenvalue weighted by atomic mass is 16.2. The Kier molecular flexibility index (Phi) is 2.15. The van der Waals surface area contributed by atoms with E-state index in [1.54, 1.807) is 6.92 Å². The second-order valence-electron chi connectivity index (χ2n) is 3.48. The molecule has 1 aromatic carbocycles. The molecule has 3 nitrogen and oxygen atoms in total. The molecule has 0 radical (unpaired) electrons. The second-order valence-corrected chi connectivity index (χ2v) is 3.48. The summed E-state index contributed by atoms with van der Waals surface area (Å²) < 4.78 is 0. The lowest BCUT2D eigenvalue weighted by molar-refractivity contribution is -0.116. The Balaban J connectivity index is 2.50. The van der Waals surface area contributed by atoms with Crippen molar-refractivity contribution in [1.29, 1.82) is 0 Å². The van der Waals surface area contributed by atoms with Crippen molar-refractivity contribution in [1.82, 2.24) is 0 Å². The Bertz CT molecular complexity index is 374. The number of hydrogen-bond acceptors (Lipinski definition) is 2. The van der Waals surface area contributed by atoms with E-state index < -0.39 is 0 Å². The van der Waals surface area contributed by atoms with E-state index in [1.807, 2.05) is 24.1 Å². The summed E-state index contributed by atoms with van der Waals surface area (Å²) in [6, 6.07) is 6.10. The fourth-order valence-corrected chi connectivity index (χ4v) is 1.97. The molecule has 0 saturated heterocycles. The van der Waals surface area contributed by atoms with Gasteiger partial charge in [-0.25, -0.2) is 0 Å². The van der Waals surface area contributed by atoms with Gasteiger partial charge in [-0.2, -0.15) is 0 Å². The molecule has 1 aliphatic heterocycles. The standard InChI is InChI=1S/C11H14N2O/c1-8(14)13-7-6-9-4-3-5-10(12-2)11(9)13/h3-5,12H,6-7H2,1-2H3. The van der Waals surface area contributed by atoms with Gasteiger partial charge in [0.25, 0.3) is 0 Å². The number of fused-ring (bicyclic) bond motifs is 1. The predicted molar refractivity (Wildman–Crippen MR) is 57.7 cm³/mol. The maximum Gasteiger partial charge on any atom is 0.223 e. The zero-order valence-electron chi connectivity index (χ0n) is 8.50. The fourth-order valence-electron chi connectivity index (χ4n) is 1.97. The molecule has 1 aromatic rings. The molecular weight excluding hydrogens is 176 g/mol. The topological polar surface area (TPSA) is 32.3 Å². The van der Waals surface area contributed by atoms with Gasteiger partial charge >= 0.3 is 0 Å². The van der Waals surface area contributed by atoms with Crippen LogP contribution in [0, 0.1) is 0 Å². The SMILES string of the molecule is CNc1cccc2c1N(C(C)=O)CC2. The van der Waals surface area contributed by atoms with E-state index in [0.717, 1.165) is 24.3 Å². The summed E-state index contributed by atoms with van der Waals surface area (Å²) in [5, 5.41) is 3.12. The van der Waals surface area contributed by atoms with Crippen LogP contribution in [-0.2, 0) is 11.2 Å². The number of rotatable bonds is 1. The Morgan fingerprint density at radius 1 is 1.50 bits per heavy atom. The highest BCUT2D eigenvalue weighted by molar-refractivity contribution is 5.97. The van der Waals surface area contributed by atoms with E-state index >= 15 is 0 Å². The summed E-state index contributed by atoms with van der Waals surface area (Å²) in [4.78, 5) is 13.2. The lowest BCUT2D eigenvalue weighted by atomic mass is 10.1. The van der Waals surface area contributed by atoms with Gasteiger partial charge in [-0.05, 0) is 18.1 Å². The van der Waals surface area contributed by atoms with Crippen LogP contribution in [0.15, 0.2) is 18.2 Å². The Hall–Kier alpha value is -1.51. The first-order valence-electron chi connectivity index (χ1n) is 4.82. The average molecular weight is 190 g/mol. The molecule has 1 aliphatic rings. The van der Waals surface area contributed by atoms with E-state index in [1.165, 1.54) is 5.56 Å². The minimum Gasteiger partial charge on any atom is -0.386 e. The quantitative estimate of drug-likeness (QED) is 0.730. The van der Waals surface area contributed by atoms with Crippen LogP contribution in [0.5, 0.6) is 0 Å². The molecule has 0 bridgehead atoms. The Morgan fingerprint density at radius 3 is 2.93 bits per heavy atom. The summed E-state index contributed by atoms with van der Waals surface area (Å²) in [5.41, 5.74) is 3.35. The number of anilines is 2. The van der Waals surface area contributed by atoms with Crippen molar-refractivity contribution in [2.45, 2.75) is 13.3 Å². The molecule has 0 atom stereocenters. The Labute approximate surface area is 83.7 Å². The number of para-hydroxylation sites is 1. The van der Waals surface area contributed by atoms with Crippen LogP contribution in [0.2, 0.25) is 0 Å². The van der Waals surface area contributed by atoms with Crippen LogP contribution in [-0.4, -0.2) is 19.5 Å². The summed E-state index contributed by atoms with van der Waals surface area (Å²) in [5.74, 6) is 0.117. The maximum atomic E-state index is 11.4. The number of nitrogens with one attached hydrogen (secondary N) is 1. The van der Waals surface area contributed by atoms with Crippen molar-refractivity contribution in [2.75, 3.05) is 23.8 Å². The lowest BCUT2D eigenvalue weighted by Gasteiger charge is -2.18. The molecule has 0 aliphatic carbocycles. The molecule has 74 valence electrons. The first-order valence-corrected chi connectivity index (χ1v) is 4.82. The van der Waals surface area contributed by atoms with Gasteiger partial charge in [0.05, 0.1) is 11.4 Å². The molecule has 0 saturated carbocycles. The van der Waals surface area contributed by atoms with Crippen LogP contribution >= 0.6 is 0 Å². The lowest BCUT2D eigenvalue weighted by Crippen LogP contribution is -2.26. The van der Waals surface area contributed by atoms with E-state index in [0.29, 0.717) is 0 Å². The number of carbonyl (C=O) groups excluding carboxylic acids is 1. The average Bonchev–Trinajstić information content (AvgIpc) is 2.60. The number of amides is 1. The number of carbonyl (C=O) groups is 1. The summed E-state index contributed by atoms with van der Waals surface area (Å²) in [6.45, 7) is 2.42. The van der Waals surface area contributed by atoms with Crippen LogP contribution < -0.4 is 10.2 Å². The van der Waals surface area contributed by atoms with E-state index in [-0.39, 0.29) is 5.91 Å². The van der Waals surface area contributed by atoms with E-state index in [9.17, 15) is 4.79 Å². The van der Waals surface area contributed by atoms with Crippen molar-refractivity contribution >= 4 is 17.3 Å². The van der Waals surface area contributed by atoms with Gasteiger partial charge in [0, 0.05) is 20.5 Å². The largest absolute Gasteiger partial charge is 0.386 e. The molecule has 3 heteroatoms. The van der Waals surface area contributed by atoms with E-state index in [4.69, 9.17) is 0 Å². The van der Waals surface area contributed by atoms with Gasteiger partial charge < -0.3 is 10.2 Å². The van der Waals surface area contributed by atoms with Crippen LogP contribution in [0.4, 0.5) is 11.4 Å². The molecule has 0 spiro atoms. The van der Waals surface area contributed by atoms with Crippen molar-refractivity contribution in [3.63, 3.8) is 0 Å². The second kappa shape index (κ2) is 3.33. The third-order valence-corrected chi connectivity index (χ3v) is 2.64. The zero-order chi connectivity index (χ0) is 10.1. The molecule has 0 unspecified atom stereocenters. The van der Waals surface area contributed by atoms with Crippen molar-refractivity contribution in [2.24, 2.45) is 0 Å². The first kappa shape index (κ1) is 9.06. The Morgan fingerprint density at radius 2 is 2.29 bits per heavy atom. The number of benzene rings is 1. The third kappa shape index (κ3) is 1.25. The van der Waals surface area contributed by atoms with Gasteiger partial charge in [-0.15, -0.1) is 0 Å². The van der Waals surface area contributed by atoms with Gasteiger partial charge in [-0.3, -0.25) is 4.79 Å². The minimum atomic E-state index is 0.117. The highest BCUT2D eigenvalue weighted by Crippen LogP contribution is 2.35. The predicted octanol–water partition coefficient (Wildman–Crippen LogP) is 1.64. The molecule has 0 fully saturated rings. The van der Waals surface area contributed by atoms with Gasteiger partial charge in [0.1, 0.15) is 0 Å². The monoisotopic (exact) mass is 190 g/mol. The third-order valence-electron chi connectivity index (χ3n) is 2.64. The van der Waals surface area contributed by atoms with Crippen LogP contribution in [0.1, 0.15) is 12.5 Å². The number of hydrogen-bond donors (Lipinski definition) is 1. The molecule has 1 N–H and O–H groups in total. The summed E-state index contributed by atoms with van der Waals surface area (Å²) in [7, 11) is 1.88. The normalized spacial score (nSPS) is 14.0. The minimum absolute atomic E-state index is 0.117. The highest BCUT2D eigenvalue weighted by Gasteiger charge is 2.24. The molecule has 1 heterocycles. The fraction of sp³-hybridized carbons (Fsp3) is 0.364. The summed E-state index contributed by atoms with van der Waals surface area (Å²) >= 11 is 0. The smallest absolute Gasteiger partial charge is 0.223 e. The van der Waals surface area contributed by atoms with E-state index in [2.05, 4.69) is 11.4 Å². The van der Waals surface area contributed by atoms with Crippen molar-refractivity contribution in [3.8, 4) is 0 Å². The van der Waals surface area contributed by atoms with Crippen LogP contribution in [0.25, 0.3) is 0 Å². The number of nitrogens with zero attached hydrogens (tertiary/aromatic N) is 1. The van der Waals surface area contributed by atoms with Gasteiger partial charge in [-0.1, -0.05) is 12.1 Å². The van der Waals surface area contributed by atoms with Gasteiger partial charge in [0.15, 0.2) is 0 Å².